The van der Waals surface area contributed by atoms with E-state index in [1.807, 2.05) is 42.6 Å². The molecule has 4 nitrogen and oxygen atoms in total. The van der Waals surface area contributed by atoms with Gasteiger partial charge in [-0.1, -0.05) is 188 Å². The molecule has 0 unspecified atom stereocenters. The molecule has 0 atom stereocenters. The monoisotopic (exact) mass is 808 g/mol. The van der Waals surface area contributed by atoms with Gasteiger partial charge in [-0.25, -0.2) is 15.0 Å². The SMILES string of the molecule is c1ccc(-c2nc(-c3ccccc3)nc(-c3cc(-c4ccc5c(c4)C(c4ccccc4)(c4ccccc4)c4ccccc4-5)ccc3-c3ccnc4c3sc3ccccc34)n2)cc1. The Kier molecular flexibility index (Phi) is 8.54. The van der Waals surface area contributed by atoms with Gasteiger partial charge in [0.1, 0.15) is 0 Å². The predicted molar refractivity (Wildman–Crippen MR) is 255 cm³/mol. The molecule has 0 N–H and O–H groups in total. The minimum atomic E-state index is -0.513. The van der Waals surface area contributed by atoms with E-state index in [0.717, 1.165) is 54.5 Å². The molecule has 0 spiro atoms. The first-order valence-corrected chi connectivity index (χ1v) is 21.7. The van der Waals surface area contributed by atoms with Crippen molar-refractivity contribution in [2.75, 3.05) is 0 Å². The minimum Gasteiger partial charge on any atom is -0.255 e. The van der Waals surface area contributed by atoms with E-state index < -0.39 is 5.41 Å². The van der Waals surface area contributed by atoms with E-state index in [9.17, 15) is 0 Å². The van der Waals surface area contributed by atoms with Crippen molar-refractivity contribution in [2.24, 2.45) is 0 Å². The van der Waals surface area contributed by atoms with Gasteiger partial charge < -0.3 is 0 Å². The van der Waals surface area contributed by atoms with Gasteiger partial charge >= 0.3 is 0 Å². The van der Waals surface area contributed by atoms with Crippen molar-refractivity contribution in [3.63, 3.8) is 0 Å². The summed E-state index contributed by atoms with van der Waals surface area (Å²) in [5.74, 6) is 1.86. The number of hydrogen-bond donors (Lipinski definition) is 0. The molecule has 0 radical (unpaired) electrons. The molecule has 0 amide bonds. The van der Waals surface area contributed by atoms with Crippen molar-refractivity contribution in [3.05, 3.63) is 241 Å². The Morgan fingerprint density at radius 3 is 1.56 bits per heavy atom. The summed E-state index contributed by atoms with van der Waals surface area (Å²) in [5, 5.41) is 1.16. The molecule has 5 heteroatoms. The van der Waals surface area contributed by atoms with Crippen LogP contribution in [0.3, 0.4) is 0 Å². The Bertz CT molecular complexity index is 3360. The van der Waals surface area contributed by atoms with E-state index in [4.69, 9.17) is 19.9 Å². The highest BCUT2D eigenvalue weighted by molar-refractivity contribution is 7.26. The number of benzene rings is 8. The summed E-state index contributed by atoms with van der Waals surface area (Å²) >= 11 is 1.78. The van der Waals surface area contributed by atoms with Crippen molar-refractivity contribution in [1.29, 1.82) is 0 Å². The van der Waals surface area contributed by atoms with Crippen LogP contribution in [0.1, 0.15) is 22.3 Å². The van der Waals surface area contributed by atoms with Gasteiger partial charge in [-0.2, -0.15) is 0 Å². The highest BCUT2D eigenvalue weighted by atomic mass is 32.1. The van der Waals surface area contributed by atoms with Gasteiger partial charge in [-0.3, -0.25) is 4.98 Å². The summed E-state index contributed by atoms with van der Waals surface area (Å²) < 4.78 is 2.34. The van der Waals surface area contributed by atoms with Crippen LogP contribution in [0.25, 0.3) is 87.8 Å². The molecule has 1 aliphatic carbocycles. The molecule has 8 aromatic carbocycles. The first-order chi connectivity index (χ1) is 30.7. The van der Waals surface area contributed by atoms with Gasteiger partial charge in [0.05, 0.1) is 15.6 Å². The number of hydrogen-bond acceptors (Lipinski definition) is 5. The molecule has 0 fully saturated rings. The van der Waals surface area contributed by atoms with E-state index >= 15 is 0 Å². The minimum absolute atomic E-state index is 0.513. The second-order valence-corrected chi connectivity index (χ2v) is 16.8. The molecule has 3 heterocycles. The fraction of sp³-hybridized carbons (Fsp3) is 0.0175. The Hall–Kier alpha value is -7.86. The summed E-state index contributed by atoms with van der Waals surface area (Å²) in [6, 6.07) is 75.7. The molecule has 3 aromatic heterocycles. The maximum absolute atomic E-state index is 5.30. The predicted octanol–water partition coefficient (Wildman–Crippen LogP) is 14.3. The molecule has 0 saturated heterocycles. The van der Waals surface area contributed by atoms with Crippen molar-refractivity contribution >= 4 is 31.6 Å². The highest BCUT2D eigenvalue weighted by Crippen LogP contribution is 2.57. The van der Waals surface area contributed by atoms with E-state index in [-0.39, 0.29) is 0 Å². The zero-order chi connectivity index (χ0) is 41.0. The average Bonchev–Trinajstić information content (AvgIpc) is 3.89. The van der Waals surface area contributed by atoms with Crippen molar-refractivity contribution < 1.29 is 0 Å². The zero-order valence-electron chi connectivity index (χ0n) is 33.5. The number of nitrogens with zero attached hydrogens (tertiary/aromatic N) is 4. The third kappa shape index (κ3) is 5.74. The van der Waals surface area contributed by atoms with Crippen LogP contribution in [-0.2, 0) is 5.41 Å². The molecule has 11 aromatic rings. The lowest BCUT2D eigenvalue weighted by atomic mass is 9.67. The number of thiophene rings is 1. The second-order valence-electron chi connectivity index (χ2n) is 15.7. The smallest absolute Gasteiger partial charge is 0.164 e. The fourth-order valence-electron chi connectivity index (χ4n) is 9.51. The summed E-state index contributed by atoms with van der Waals surface area (Å²) in [6.07, 6.45) is 1.93. The van der Waals surface area contributed by atoms with Crippen LogP contribution in [0.15, 0.2) is 219 Å². The Morgan fingerprint density at radius 2 is 0.887 bits per heavy atom. The fourth-order valence-corrected chi connectivity index (χ4v) is 10.7. The molecule has 0 bridgehead atoms. The summed E-state index contributed by atoms with van der Waals surface area (Å²) in [4.78, 5) is 20.6. The Balaban J connectivity index is 1.12. The van der Waals surface area contributed by atoms with Crippen LogP contribution in [0.4, 0.5) is 0 Å². The maximum atomic E-state index is 5.30. The Labute approximate surface area is 363 Å². The number of pyridine rings is 1. The van der Waals surface area contributed by atoms with Gasteiger partial charge in [0, 0.05) is 38.5 Å². The zero-order valence-corrected chi connectivity index (χ0v) is 34.3. The third-order valence-corrected chi connectivity index (χ3v) is 13.5. The van der Waals surface area contributed by atoms with E-state index in [1.165, 1.54) is 38.1 Å². The van der Waals surface area contributed by atoms with Gasteiger partial charge in [-0.05, 0) is 74.3 Å². The van der Waals surface area contributed by atoms with Crippen LogP contribution in [0, 0.1) is 0 Å². The average molecular weight is 809 g/mol. The summed E-state index contributed by atoms with van der Waals surface area (Å²) in [5.41, 5.74) is 15.1. The lowest BCUT2D eigenvalue weighted by Gasteiger charge is -2.34. The van der Waals surface area contributed by atoms with Gasteiger partial charge in [0.25, 0.3) is 0 Å². The topological polar surface area (TPSA) is 51.6 Å². The van der Waals surface area contributed by atoms with Crippen LogP contribution < -0.4 is 0 Å². The molecule has 0 aliphatic heterocycles. The summed E-state index contributed by atoms with van der Waals surface area (Å²) in [7, 11) is 0. The van der Waals surface area contributed by atoms with Gasteiger partial charge in [0.2, 0.25) is 0 Å². The first kappa shape index (κ1) is 36.0. The molecule has 12 rings (SSSR count). The molecule has 1 aliphatic rings. The van der Waals surface area contributed by atoms with Crippen molar-refractivity contribution in [3.8, 4) is 67.5 Å². The first-order valence-electron chi connectivity index (χ1n) is 20.9. The normalized spacial score (nSPS) is 12.6. The molecular weight excluding hydrogens is 773 g/mol. The lowest BCUT2D eigenvalue weighted by molar-refractivity contribution is 0.769. The largest absolute Gasteiger partial charge is 0.255 e. The van der Waals surface area contributed by atoms with Crippen LogP contribution in [0.5, 0.6) is 0 Å². The number of fused-ring (bicyclic) bond motifs is 6. The van der Waals surface area contributed by atoms with E-state index in [0.29, 0.717) is 17.5 Å². The second kappa shape index (κ2) is 14.7. The van der Waals surface area contributed by atoms with E-state index in [1.54, 1.807) is 11.3 Å². The molecule has 290 valence electrons. The van der Waals surface area contributed by atoms with Crippen LogP contribution >= 0.6 is 11.3 Å². The highest BCUT2D eigenvalue weighted by Gasteiger charge is 2.46. The van der Waals surface area contributed by atoms with Gasteiger partial charge in [0.15, 0.2) is 17.5 Å². The summed E-state index contributed by atoms with van der Waals surface area (Å²) in [6.45, 7) is 0. The maximum Gasteiger partial charge on any atom is 0.164 e. The van der Waals surface area contributed by atoms with E-state index in [2.05, 4.69) is 176 Å². The van der Waals surface area contributed by atoms with Crippen molar-refractivity contribution in [1.82, 2.24) is 19.9 Å². The van der Waals surface area contributed by atoms with Crippen LogP contribution in [-0.4, -0.2) is 19.9 Å². The standard InChI is InChI=1S/C57H36N4S/c1-5-17-37(18-6-1)54-59-55(38-19-7-2-8-20-38)61-56(60-54)48-35-39(29-31-43(48)46-33-34-58-52-47-26-14-16-28-51(47)62-53(46)52)40-30-32-45-44-25-13-15-27-49(44)57(50(45)36-40,41-21-9-3-10-22-41)42-23-11-4-12-24-42/h1-36H. The van der Waals surface area contributed by atoms with Gasteiger partial charge in [-0.15, -0.1) is 11.3 Å². The van der Waals surface area contributed by atoms with Crippen LogP contribution in [0.2, 0.25) is 0 Å². The third-order valence-electron chi connectivity index (χ3n) is 12.3. The number of rotatable bonds is 7. The quantitative estimate of drug-likeness (QED) is 0.161. The molecule has 0 saturated carbocycles. The van der Waals surface area contributed by atoms with Crippen molar-refractivity contribution in [2.45, 2.75) is 5.41 Å². The number of aromatic nitrogens is 4. The lowest BCUT2D eigenvalue weighted by Crippen LogP contribution is -2.28. The molecule has 62 heavy (non-hydrogen) atoms. The molecular formula is C57H36N4S. The Morgan fingerprint density at radius 1 is 0.355 bits per heavy atom.